The van der Waals surface area contributed by atoms with E-state index in [0.29, 0.717) is 6.42 Å². The van der Waals surface area contributed by atoms with Gasteiger partial charge in [-0.05, 0) is 13.3 Å². The van der Waals surface area contributed by atoms with Crippen LogP contribution in [0.15, 0.2) is 0 Å². The third kappa shape index (κ3) is 3.14. The number of unbranched alkanes of at least 4 members (excludes halogenated alkanes) is 1. The van der Waals surface area contributed by atoms with Crippen molar-refractivity contribution >= 4 is 11.8 Å². The summed E-state index contributed by atoms with van der Waals surface area (Å²) in [5.41, 5.74) is 4.05. The van der Waals surface area contributed by atoms with Crippen molar-refractivity contribution in [2.45, 2.75) is 38.6 Å². The molecule has 0 aromatic heterocycles. The lowest BCUT2D eigenvalue weighted by molar-refractivity contribution is -0.150. The summed E-state index contributed by atoms with van der Waals surface area (Å²) in [6, 6.07) is 0. The first-order valence-electron chi connectivity index (χ1n) is 4.37. The van der Waals surface area contributed by atoms with Crippen LogP contribution in [-0.4, -0.2) is 24.4 Å². The predicted molar refractivity (Wildman–Crippen MR) is 49.1 cm³/mol. The summed E-state index contributed by atoms with van der Waals surface area (Å²) >= 11 is 0. The molecule has 0 aliphatic heterocycles. The number of carbonyl (C=O) groups is 2. The SMILES string of the molecule is CCCCC(=O)C(C)(N)C(=O)OC. The molecule has 0 amide bonds. The summed E-state index contributed by atoms with van der Waals surface area (Å²) in [4.78, 5) is 22.5. The average Bonchev–Trinajstić information content (AvgIpc) is 2.12. The van der Waals surface area contributed by atoms with Crippen LogP contribution in [0.25, 0.3) is 0 Å². The molecule has 13 heavy (non-hydrogen) atoms. The number of hydrogen-bond donors (Lipinski definition) is 1. The molecule has 0 spiro atoms. The molecule has 2 N–H and O–H groups in total. The van der Waals surface area contributed by atoms with E-state index in [9.17, 15) is 9.59 Å². The highest BCUT2D eigenvalue weighted by Gasteiger charge is 2.36. The highest BCUT2D eigenvalue weighted by molar-refractivity contribution is 6.07. The van der Waals surface area contributed by atoms with Crippen LogP contribution < -0.4 is 5.73 Å². The van der Waals surface area contributed by atoms with Crippen molar-refractivity contribution in [1.29, 1.82) is 0 Å². The second-order valence-electron chi connectivity index (χ2n) is 3.22. The Balaban J connectivity index is 4.27. The molecular formula is C9H17NO3. The van der Waals surface area contributed by atoms with Crippen molar-refractivity contribution in [3.8, 4) is 0 Å². The molecule has 1 unspecified atom stereocenters. The Hall–Kier alpha value is -0.900. The molecule has 0 radical (unpaired) electrons. The van der Waals surface area contributed by atoms with E-state index in [2.05, 4.69) is 4.74 Å². The first-order valence-corrected chi connectivity index (χ1v) is 4.37. The third-order valence-corrected chi connectivity index (χ3v) is 1.95. The molecule has 4 heteroatoms. The molecule has 0 heterocycles. The topological polar surface area (TPSA) is 69.4 Å². The van der Waals surface area contributed by atoms with Crippen molar-refractivity contribution in [3.63, 3.8) is 0 Å². The van der Waals surface area contributed by atoms with Crippen LogP contribution in [0.2, 0.25) is 0 Å². The number of Topliss-reactive ketones (excluding diaryl/α,β-unsaturated/α-hetero) is 1. The van der Waals surface area contributed by atoms with Crippen LogP contribution in [0.3, 0.4) is 0 Å². The standard InChI is InChI=1S/C9H17NO3/c1-4-5-6-7(11)9(2,10)8(12)13-3/h4-6,10H2,1-3H3. The Kier molecular flexibility index (Phi) is 4.62. The predicted octanol–water partition coefficient (Wildman–Crippen LogP) is 0.636. The van der Waals surface area contributed by atoms with Gasteiger partial charge >= 0.3 is 5.97 Å². The fraction of sp³-hybridized carbons (Fsp3) is 0.778. The normalized spacial score (nSPS) is 14.8. The number of nitrogens with two attached hydrogens (primary N) is 1. The van der Waals surface area contributed by atoms with Gasteiger partial charge in [0.2, 0.25) is 0 Å². The van der Waals surface area contributed by atoms with Crippen LogP contribution in [0.5, 0.6) is 0 Å². The lowest BCUT2D eigenvalue weighted by atomic mass is 9.94. The quantitative estimate of drug-likeness (QED) is 0.506. The van der Waals surface area contributed by atoms with Gasteiger partial charge in [-0.2, -0.15) is 0 Å². The van der Waals surface area contributed by atoms with E-state index >= 15 is 0 Å². The van der Waals surface area contributed by atoms with E-state index in [4.69, 9.17) is 5.73 Å². The average molecular weight is 187 g/mol. The minimum Gasteiger partial charge on any atom is -0.467 e. The van der Waals surface area contributed by atoms with Crippen molar-refractivity contribution in [3.05, 3.63) is 0 Å². The molecule has 0 saturated carbocycles. The Morgan fingerprint density at radius 1 is 1.46 bits per heavy atom. The van der Waals surface area contributed by atoms with Crippen molar-refractivity contribution < 1.29 is 14.3 Å². The van der Waals surface area contributed by atoms with E-state index in [1.165, 1.54) is 14.0 Å². The lowest BCUT2D eigenvalue weighted by Gasteiger charge is -2.19. The maximum atomic E-state index is 11.4. The van der Waals surface area contributed by atoms with Crippen LogP contribution in [0.1, 0.15) is 33.1 Å². The van der Waals surface area contributed by atoms with Gasteiger partial charge in [0.1, 0.15) is 0 Å². The summed E-state index contributed by atoms with van der Waals surface area (Å²) in [7, 11) is 1.22. The molecular weight excluding hydrogens is 170 g/mol. The molecule has 0 aliphatic rings. The Morgan fingerprint density at radius 3 is 2.38 bits per heavy atom. The van der Waals surface area contributed by atoms with Crippen LogP contribution in [-0.2, 0) is 14.3 Å². The van der Waals surface area contributed by atoms with E-state index in [1.807, 2.05) is 6.92 Å². The summed E-state index contributed by atoms with van der Waals surface area (Å²) in [6.07, 6.45) is 1.99. The zero-order valence-electron chi connectivity index (χ0n) is 8.42. The molecule has 76 valence electrons. The molecule has 0 bridgehead atoms. The molecule has 0 aromatic carbocycles. The first-order chi connectivity index (χ1) is 5.96. The van der Waals surface area contributed by atoms with Gasteiger partial charge in [-0.3, -0.25) is 4.79 Å². The summed E-state index contributed by atoms with van der Waals surface area (Å²) in [5.74, 6) is -0.935. The highest BCUT2D eigenvalue weighted by Crippen LogP contribution is 2.09. The maximum Gasteiger partial charge on any atom is 0.333 e. The van der Waals surface area contributed by atoms with Gasteiger partial charge in [0.15, 0.2) is 11.3 Å². The zero-order valence-corrected chi connectivity index (χ0v) is 8.42. The molecule has 0 aromatic rings. The second kappa shape index (κ2) is 4.97. The fourth-order valence-electron chi connectivity index (χ4n) is 0.923. The number of carbonyl (C=O) groups excluding carboxylic acids is 2. The lowest BCUT2D eigenvalue weighted by Crippen LogP contribution is -2.52. The molecule has 1 atom stereocenters. The third-order valence-electron chi connectivity index (χ3n) is 1.95. The van der Waals surface area contributed by atoms with Crippen LogP contribution in [0.4, 0.5) is 0 Å². The van der Waals surface area contributed by atoms with Crippen molar-refractivity contribution in [1.82, 2.24) is 0 Å². The van der Waals surface area contributed by atoms with Crippen LogP contribution >= 0.6 is 0 Å². The Bertz CT molecular complexity index is 199. The van der Waals surface area contributed by atoms with Crippen molar-refractivity contribution in [2.75, 3.05) is 7.11 Å². The van der Waals surface area contributed by atoms with Gasteiger partial charge in [-0.15, -0.1) is 0 Å². The molecule has 4 nitrogen and oxygen atoms in total. The van der Waals surface area contributed by atoms with E-state index < -0.39 is 11.5 Å². The number of hydrogen-bond acceptors (Lipinski definition) is 4. The zero-order chi connectivity index (χ0) is 10.5. The monoisotopic (exact) mass is 187 g/mol. The number of methoxy groups -OCH3 is 1. The molecule has 0 saturated heterocycles. The van der Waals surface area contributed by atoms with E-state index in [0.717, 1.165) is 12.8 Å². The van der Waals surface area contributed by atoms with Crippen LogP contribution in [0, 0.1) is 0 Å². The highest BCUT2D eigenvalue weighted by atomic mass is 16.5. The van der Waals surface area contributed by atoms with E-state index in [1.54, 1.807) is 0 Å². The Labute approximate surface area is 78.4 Å². The molecule has 0 fully saturated rings. The van der Waals surface area contributed by atoms with E-state index in [-0.39, 0.29) is 5.78 Å². The molecule has 0 rings (SSSR count). The fourth-order valence-corrected chi connectivity index (χ4v) is 0.923. The minimum absolute atomic E-state index is 0.263. The van der Waals surface area contributed by atoms with Gasteiger partial charge in [0.25, 0.3) is 0 Å². The smallest absolute Gasteiger partial charge is 0.333 e. The summed E-state index contributed by atoms with van der Waals surface area (Å²) in [5, 5.41) is 0. The Morgan fingerprint density at radius 2 is 2.00 bits per heavy atom. The molecule has 0 aliphatic carbocycles. The van der Waals surface area contributed by atoms with Crippen molar-refractivity contribution in [2.24, 2.45) is 5.73 Å². The number of ether oxygens (including phenoxy) is 1. The number of esters is 1. The maximum absolute atomic E-state index is 11.4. The first kappa shape index (κ1) is 12.1. The minimum atomic E-state index is -1.48. The summed E-state index contributed by atoms with van der Waals surface area (Å²) < 4.78 is 4.43. The second-order valence-corrected chi connectivity index (χ2v) is 3.22. The van der Waals surface area contributed by atoms with Gasteiger partial charge in [-0.1, -0.05) is 13.3 Å². The largest absolute Gasteiger partial charge is 0.467 e. The summed E-state index contributed by atoms with van der Waals surface area (Å²) in [6.45, 7) is 3.36. The van der Waals surface area contributed by atoms with Gasteiger partial charge in [0, 0.05) is 6.42 Å². The number of ketones is 1. The van der Waals surface area contributed by atoms with Gasteiger partial charge in [-0.25, -0.2) is 4.79 Å². The van der Waals surface area contributed by atoms with Gasteiger partial charge in [0.05, 0.1) is 7.11 Å². The van der Waals surface area contributed by atoms with Gasteiger partial charge < -0.3 is 10.5 Å². The number of rotatable bonds is 5.